The summed E-state index contributed by atoms with van der Waals surface area (Å²) in [6.45, 7) is 12.3. The Morgan fingerprint density at radius 1 is 0.857 bits per heavy atom. The Morgan fingerprint density at radius 2 is 1.49 bits per heavy atom. The number of nitrogens with zero attached hydrogens (tertiary/aromatic N) is 10. The summed E-state index contributed by atoms with van der Waals surface area (Å²) in [7, 11) is 2.05. The summed E-state index contributed by atoms with van der Waals surface area (Å²) in [6, 6.07) is 14.4. The molecule has 1 atom stereocenters. The Labute approximate surface area is 499 Å². The molecular formula is C50H57Cl4F3N14O12S. The van der Waals surface area contributed by atoms with Crippen LogP contribution in [0.15, 0.2) is 87.5 Å². The van der Waals surface area contributed by atoms with Gasteiger partial charge in [0.25, 0.3) is 27.4 Å². The normalized spacial score (nSPS) is 12.6. The van der Waals surface area contributed by atoms with Crippen LogP contribution in [0.5, 0.6) is 17.5 Å². The van der Waals surface area contributed by atoms with Gasteiger partial charge in [-0.3, -0.25) is 24.3 Å². The number of hydrogen-bond donors (Lipinski definition) is 4. The third-order valence-electron chi connectivity index (χ3n) is 10.4. The zero-order valence-electron chi connectivity index (χ0n) is 46.6. The third kappa shape index (κ3) is 19.0. The molecule has 0 radical (unpaired) electrons. The number of sulfonamides is 1. The zero-order chi connectivity index (χ0) is 63.0. The van der Waals surface area contributed by atoms with Gasteiger partial charge in [0, 0.05) is 46.0 Å². The van der Waals surface area contributed by atoms with Crippen molar-refractivity contribution >= 4 is 104 Å². The van der Waals surface area contributed by atoms with E-state index < -0.39 is 67.0 Å². The number of carbonyl (C=O) groups excluding carboxylic acids is 4. The maximum absolute atomic E-state index is 12.9. The highest BCUT2D eigenvalue weighted by atomic mass is 35.5. The van der Waals surface area contributed by atoms with Gasteiger partial charge in [-0.05, 0) is 95.6 Å². The number of alkyl halides is 5. The predicted octanol–water partition coefficient (Wildman–Crippen LogP) is 7.26. The molecule has 0 aliphatic carbocycles. The molecule has 84 heavy (non-hydrogen) atoms. The van der Waals surface area contributed by atoms with Gasteiger partial charge in [0.05, 0.1) is 60.0 Å². The van der Waals surface area contributed by atoms with E-state index in [9.17, 15) is 50.4 Å². The van der Waals surface area contributed by atoms with Crippen molar-refractivity contribution in [2.45, 2.75) is 75.8 Å². The molecule has 26 nitrogen and oxygen atoms in total. The molecule has 1 unspecified atom stereocenters. The molecule has 0 bridgehead atoms. The number of benzene rings is 2. The zero-order valence-corrected chi connectivity index (χ0v) is 50.4. The average Bonchev–Trinajstić information content (AvgIpc) is 2.50. The molecule has 0 spiro atoms. The summed E-state index contributed by atoms with van der Waals surface area (Å²) in [5.74, 6) is -0.0868. The smallest absolute Gasteiger partial charge is 0.431 e. The molecule has 0 saturated carbocycles. The Morgan fingerprint density at radius 3 is 2.06 bits per heavy atom. The third-order valence-corrected chi connectivity index (χ3v) is 12.6. The highest BCUT2D eigenvalue weighted by molar-refractivity contribution is 7.90. The lowest BCUT2D eigenvalue weighted by Gasteiger charge is -2.35. The Kier molecular flexibility index (Phi) is 24.8. The van der Waals surface area contributed by atoms with Crippen molar-refractivity contribution in [3.63, 3.8) is 0 Å². The summed E-state index contributed by atoms with van der Waals surface area (Å²) < 4.78 is 86.8. The van der Waals surface area contributed by atoms with E-state index in [-0.39, 0.29) is 62.8 Å². The Hall–Kier alpha value is -8.06. The molecule has 4 aromatic heterocycles. The van der Waals surface area contributed by atoms with Gasteiger partial charge in [0.1, 0.15) is 18.1 Å². The second-order valence-corrected chi connectivity index (χ2v) is 21.2. The molecule has 7 rings (SSSR count). The van der Waals surface area contributed by atoms with E-state index in [1.807, 2.05) is 52.0 Å². The number of nitrogens with one attached hydrogen (secondary N) is 4. The number of esters is 1. The van der Waals surface area contributed by atoms with Gasteiger partial charge in [-0.25, -0.2) is 28.7 Å². The van der Waals surface area contributed by atoms with Crippen molar-refractivity contribution in [3.8, 4) is 23.2 Å². The number of amides is 4. The van der Waals surface area contributed by atoms with Crippen molar-refractivity contribution in [1.29, 1.82) is 0 Å². The van der Waals surface area contributed by atoms with Crippen LogP contribution >= 0.6 is 46.4 Å². The number of para-hydroxylation sites is 2. The van der Waals surface area contributed by atoms with Crippen molar-refractivity contribution in [3.05, 3.63) is 121 Å². The Balaban J connectivity index is 0.000000249. The van der Waals surface area contributed by atoms with Gasteiger partial charge in [0.15, 0.2) is 9.86 Å². The summed E-state index contributed by atoms with van der Waals surface area (Å²) in [5, 5.41) is 7.80. The molecule has 1 aliphatic heterocycles. The number of aromatic nitrogens is 8. The minimum absolute atomic E-state index is 0.0104. The van der Waals surface area contributed by atoms with Crippen molar-refractivity contribution in [1.82, 2.24) is 48.7 Å². The highest BCUT2D eigenvalue weighted by Gasteiger charge is 2.36. The van der Waals surface area contributed by atoms with Crippen molar-refractivity contribution in [2.24, 2.45) is 7.05 Å². The van der Waals surface area contributed by atoms with Gasteiger partial charge >= 0.3 is 23.9 Å². The van der Waals surface area contributed by atoms with E-state index in [2.05, 4.69) is 45.9 Å². The number of fused-ring (bicyclic) bond motifs is 1. The molecule has 0 fully saturated rings. The maximum atomic E-state index is 12.9. The first-order chi connectivity index (χ1) is 39.3. The van der Waals surface area contributed by atoms with Crippen LogP contribution in [-0.2, 0) is 32.8 Å². The average molecular weight is 1280 g/mol. The van der Waals surface area contributed by atoms with Gasteiger partial charge in [-0.15, -0.1) is 0 Å². The first-order valence-corrected chi connectivity index (χ1v) is 27.6. The van der Waals surface area contributed by atoms with Crippen LogP contribution in [0.2, 0.25) is 10.3 Å². The number of pyridine rings is 1. The number of hydrogen-bond acceptors (Lipinski definition) is 20. The molecule has 6 aromatic rings. The number of urea groups is 1. The van der Waals surface area contributed by atoms with Crippen LogP contribution in [0.3, 0.4) is 0 Å². The lowest BCUT2D eigenvalue weighted by atomic mass is 10.1. The van der Waals surface area contributed by atoms with Gasteiger partial charge in [-0.1, -0.05) is 46.9 Å². The molecule has 1 aliphatic rings. The van der Waals surface area contributed by atoms with Crippen LogP contribution in [0, 0.1) is 0 Å². The second-order valence-electron chi connectivity index (χ2n) is 17.8. The molecule has 34 heteroatoms. The summed E-state index contributed by atoms with van der Waals surface area (Å²) in [6.07, 6.45) is -4.11. The summed E-state index contributed by atoms with van der Waals surface area (Å²) >= 11 is 22.9. The summed E-state index contributed by atoms with van der Waals surface area (Å²) in [5.41, 5.74) is -3.47. The van der Waals surface area contributed by atoms with Crippen molar-refractivity contribution in [2.75, 3.05) is 62.3 Å². The fraction of sp³-hybridized carbons (Fsp3) is 0.360. The molecule has 4 amide bonds. The van der Waals surface area contributed by atoms with Crippen LogP contribution in [0.4, 0.5) is 41.5 Å². The van der Waals surface area contributed by atoms with Crippen LogP contribution in [-0.4, -0.2) is 141 Å². The van der Waals surface area contributed by atoms with E-state index in [4.69, 9.17) is 65.4 Å². The number of anilines is 4. The van der Waals surface area contributed by atoms with E-state index in [1.165, 1.54) is 69.7 Å². The summed E-state index contributed by atoms with van der Waals surface area (Å²) in [4.78, 5) is 97.8. The minimum atomic E-state index is -4.86. The molecule has 5 heterocycles. The number of ether oxygens (including phenoxy) is 4. The first-order valence-electron chi connectivity index (χ1n) is 24.5. The fourth-order valence-electron chi connectivity index (χ4n) is 6.85. The van der Waals surface area contributed by atoms with Gasteiger partial charge in [-0.2, -0.15) is 46.5 Å². The number of carbonyl (C=O) groups is 4. The Bertz CT molecular complexity index is 3540. The van der Waals surface area contributed by atoms with E-state index in [0.717, 1.165) is 25.3 Å². The van der Waals surface area contributed by atoms with E-state index in [0.29, 0.717) is 39.5 Å². The van der Waals surface area contributed by atoms with E-state index >= 15 is 0 Å². The quantitative estimate of drug-likeness (QED) is 0.0616. The van der Waals surface area contributed by atoms with Crippen LogP contribution in [0.1, 0.15) is 68.0 Å². The second kappa shape index (κ2) is 30.5. The highest BCUT2D eigenvalue weighted by Crippen LogP contribution is 2.35. The monoisotopic (exact) mass is 1270 g/mol. The largest absolute Gasteiger partial charge is 0.489 e. The number of halogens is 7. The SMILES string of the molecule is CC(C)OC(=O)c1cc(-n2c(=O)cc(C(F)(F)F)n(C)c2=O)ccc1Cl.CC1COc2ccccc2N1C(=O)C(Cl)Cl.CCNc1nc(Cl)nc(NC(C)C)n1.COc1cc(OC)nc(NC(=O)NS(=O)(=O)c2ncccc2C(=O)N(C)C)n1. The van der Waals surface area contributed by atoms with Crippen LogP contribution < -0.4 is 51.0 Å². The number of rotatable bonds is 14. The fourth-order valence-corrected chi connectivity index (χ4v) is 8.45. The van der Waals surface area contributed by atoms with E-state index in [1.54, 1.807) is 23.5 Å². The van der Waals surface area contributed by atoms with Gasteiger partial charge < -0.3 is 39.4 Å². The lowest BCUT2D eigenvalue weighted by molar-refractivity contribution is -0.144. The molecule has 4 N–H and O–H groups in total. The maximum Gasteiger partial charge on any atom is 0.431 e. The molecule has 454 valence electrons. The molecular weight excluding hydrogens is 1220 g/mol. The predicted molar refractivity (Wildman–Crippen MR) is 307 cm³/mol. The first kappa shape index (κ1) is 68.4. The number of methoxy groups -OCH3 is 2. The minimum Gasteiger partial charge on any atom is -0.489 e. The molecule has 0 saturated heterocycles. The van der Waals surface area contributed by atoms with Crippen LogP contribution in [0.25, 0.3) is 5.69 Å². The van der Waals surface area contributed by atoms with Gasteiger partial charge in [0.2, 0.25) is 34.9 Å². The van der Waals surface area contributed by atoms with Crippen molar-refractivity contribution < 1.29 is 59.7 Å². The molecule has 2 aromatic carbocycles. The lowest BCUT2D eigenvalue weighted by Crippen LogP contribution is -2.47. The standard InChI is InChI=1S/C16H14ClF3N2O4.C15H18N6O6S.C11H11Cl2NO2.C8H14ClN5/c1-8(2)26-14(24)10-6-9(4-5-11(10)17)22-13(23)7-12(16(18,19)20)21(3)15(22)25;1-21(2)13(22)9-6-5-7-16-12(9)28(24,25)20-15(23)19-14-17-10(26-3)8-11(18-14)27-4;1-7-6-16-9-5-3-2-4-8(9)14(7)11(15)10(12)13;1-4-10-7-12-6(9)13-8(14-7)11-5(2)3/h4-8H,1-3H3;5-8H,1-4H3,(H2,17,18,19,20,23);2-5,7,10H,6H2,1H3;5H,4H2,1-3H3,(H2,10,11,12,13,14). The topological polar surface area (TPSA) is 315 Å².